The predicted octanol–water partition coefficient (Wildman–Crippen LogP) is 9.32. The van der Waals surface area contributed by atoms with Gasteiger partial charge in [0.25, 0.3) is 11.8 Å². The maximum Gasteiger partial charge on any atom is 0.254 e. The molecule has 3 amide bonds. The molecule has 67 heavy (non-hydrogen) atoms. The van der Waals surface area contributed by atoms with Crippen molar-refractivity contribution >= 4 is 17.7 Å². The zero-order valence-corrected chi connectivity index (χ0v) is 38.3. The third-order valence-electron chi connectivity index (χ3n) is 11.7. The second-order valence-corrected chi connectivity index (χ2v) is 17.0. The van der Waals surface area contributed by atoms with Crippen LogP contribution in [-0.4, -0.2) is 84.2 Å². The second-order valence-electron chi connectivity index (χ2n) is 17.0. The van der Waals surface area contributed by atoms with Crippen molar-refractivity contribution in [1.82, 2.24) is 15.1 Å². The molecule has 1 aliphatic rings. The molecule has 0 aliphatic carbocycles. The molecular weight excluding hydrogens is 839 g/mol. The lowest BCUT2D eigenvalue weighted by molar-refractivity contribution is -0.169. The standard InChI is InChI=1S/C57H61N3O7/c1-43(2)52-55(61)58-50(42-64-38-44-23-9-3-10-24-44)53(66-40-46-27-13-5-14-28-46)54(67-41-47-29-15-6-16-30-47)51(65-39-45-25-11-4-12-26-45)37-59(56(62)48-31-17-7-18-32-48)35-21-22-36-60(52)57(63)49-33-19-8-20-34-49/h3-34,43,50-54H,35-42H2,1-2H3,(H,58,61)/b22-21+/t50-,51-,52-,53+,54+/m0/s1. The van der Waals surface area contributed by atoms with Gasteiger partial charge in [0.1, 0.15) is 24.4 Å². The molecule has 5 atom stereocenters. The molecule has 10 nitrogen and oxygen atoms in total. The van der Waals surface area contributed by atoms with E-state index < -0.39 is 30.4 Å². The number of carbonyl (C=O) groups excluding carboxylic acids is 3. The van der Waals surface area contributed by atoms with E-state index in [0.29, 0.717) is 11.1 Å². The smallest absolute Gasteiger partial charge is 0.254 e. The topological polar surface area (TPSA) is 107 Å². The van der Waals surface area contributed by atoms with Crippen molar-refractivity contribution in [1.29, 1.82) is 0 Å². The van der Waals surface area contributed by atoms with Crippen LogP contribution in [0.4, 0.5) is 0 Å². The Balaban J connectivity index is 1.39. The highest BCUT2D eigenvalue weighted by atomic mass is 16.6. The summed E-state index contributed by atoms with van der Waals surface area (Å²) in [6.07, 6.45) is 1.10. The Bertz CT molecular complexity index is 2420. The molecule has 0 radical (unpaired) electrons. The Kier molecular flexibility index (Phi) is 18.2. The van der Waals surface area contributed by atoms with E-state index in [4.69, 9.17) is 18.9 Å². The van der Waals surface area contributed by atoms with Gasteiger partial charge < -0.3 is 34.1 Å². The van der Waals surface area contributed by atoms with E-state index in [2.05, 4.69) is 5.32 Å². The van der Waals surface area contributed by atoms with Gasteiger partial charge in [-0.3, -0.25) is 14.4 Å². The van der Waals surface area contributed by atoms with Gasteiger partial charge in [0.2, 0.25) is 5.91 Å². The molecular formula is C57H61N3O7. The van der Waals surface area contributed by atoms with E-state index in [-0.39, 0.29) is 76.3 Å². The molecule has 1 heterocycles. The lowest BCUT2D eigenvalue weighted by Gasteiger charge is -2.41. The van der Waals surface area contributed by atoms with Crippen molar-refractivity contribution in [2.75, 3.05) is 26.2 Å². The fourth-order valence-electron chi connectivity index (χ4n) is 8.26. The number of nitrogens with one attached hydrogen (secondary N) is 1. The predicted molar refractivity (Wildman–Crippen MR) is 261 cm³/mol. The number of carbonyl (C=O) groups is 3. The van der Waals surface area contributed by atoms with Gasteiger partial charge in [0.05, 0.1) is 45.6 Å². The van der Waals surface area contributed by atoms with Crippen LogP contribution in [0.5, 0.6) is 0 Å². The number of hydrogen-bond acceptors (Lipinski definition) is 7. The van der Waals surface area contributed by atoms with Gasteiger partial charge in [-0.1, -0.05) is 184 Å². The molecule has 1 aliphatic heterocycles. The number of nitrogens with zero attached hydrogens (tertiary/aromatic N) is 2. The minimum absolute atomic E-state index is 0.0146. The highest BCUT2D eigenvalue weighted by Crippen LogP contribution is 2.25. The molecule has 0 spiro atoms. The van der Waals surface area contributed by atoms with E-state index in [0.717, 1.165) is 22.3 Å². The van der Waals surface area contributed by atoms with Crippen molar-refractivity contribution in [2.24, 2.45) is 5.92 Å². The van der Waals surface area contributed by atoms with Crippen molar-refractivity contribution in [3.8, 4) is 0 Å². The van der Waals surface area contributed by atoms with Crippen LogP contribution in [-0.2, 0) is 50.2 Å². The Morgan fingerprint density at radius 3 is 1.45 bits per heavy atom. The first-order valence-electron chi connectivity index (χ1n) is 23.1. The Hall–Kier alpha value is -6.69. The van der Waals surface area contributed by atoms with Crippen LogP contribution in [0, 0.1) is 5.92 Å². The van der Waals surface area contributed by atoms with Crippen LogP contribution in [0.1, 0.15) is 56.8 Å². The molecule has 0 bridgehead atoms. The van der Waals surface area contributed by atoms with E-state index >= 15 is 4.79 Å². The van der Waals surface area contributed by atoms with Gasteiger partial charge in [-0.25, -0.2) is 0 Å². The number of rotatable bonds is 16. The normalized spacial score (nSPS) is 19.9. The Morgan fingerprint density at radius 2 is 0.955 bits per heavy atom. The zero-order valence-electron chi connectivity index (χ0n) is 38.3. The molecule has 0 unspecified atom stereocenters. The molecule has 6 aromatic carbocycles. The number of benzene rings is 6. The first-order chi connectivity index (χ1) is 32.8. The van der Waals surface area contributed by atoms with Crippen LogP contribution in [0.15, 0.2) is 194 Å². The van der Waals surface area contributed by atoms with E-state index in [1.165, 1.54) is 0 Å². The SMILES string of the molecule is CC(C)[C@H]1C(=O)N[C@@H](COCc2ccccc2)[C@@H](OCc2ccccc2)[C@H](OCc2ccccc2)[C@@H](OCc2ccccc2)CN(C(=O)c2ccccc2)C/C=C/CN1C(=O)c1ccccc1. The molecule has 346 valence electrons. The summed E-state index contributed by atoms with van der Waals surface area (Å²) in [6.45, 7) is 5.06. The van der Waals surface area contributed by atoms with E-state index in [9.17, 15) is 9.59 Å². The van der Waals surface area contributed by atoms with Gasteiger partial charge in [-0.05, 0) is 52.4 Å². The summed E-state index contributed by atoms with van der Waals surface area (Å²) in [7, 11) is 0. The zero-order chi connectivity index (χ0) is 46.6. The van der Waals surface area contributed by atoms with Gasteiger partial charge in [-0.2, -0.15) is 0 Å². The van der Waals surface area contributed by atoms with Gasteiger partial charge in [-0.15, -0.1) is 0 Å². The van der Waals surface area contributed by atoms with Gasteiger partial charge in [0, 0.05) is 24.2 Å². The molecule has 7 rings (SSSR count). The Labute approximate surface area is 395 Å². The lowest BCUT2D eigenvalue weighted by atomic mass is 9.96. The average molecular weight is 900 g/mol. The van der Waals surface area contributed by atoms with Gasteiger partial charge in [0.15, 0.2) is 0 Å². The summed E-state index contributed by atoms with van der Waals surface area (Å²) < 4.78 is 27.8. The molecule has 1 N–H and O–H groups in total. The van der Waals surface area contributed by atoms with E-state index in [1.807, 2.05) is 184 Å². The first kappa shape index (κ1) is 48.2. The molecule has 6 aromatic rings. The summed E-state index contributed by atoms with van der Waals surface area (Å²) in [4.78, 5) is 47.9. The average Bonchev–Trinajstić information content (AvgIpc) is 3.37. The number of hydrogen-bond donors (Lipinski definition) is 1. The fraction of sp³-hybridized carbons (Fsp3) is 0.281. The molecule has 0 aromatic heterocycles. The molecule has 0 saturated heterocycles. The quantitative estimate of drug-likeness (QED) is 0.0966. The van der Waals surface area contributed by atoms with Crippen molar-refractivity contribution < 1.29 is 33.3 Å². The van der Waals surface area contributed by atoms with Gasteiger partial charge >= 0.3 is 0 Å². The number of ether oxygens (including phenoxy) is 4. The van der Waals surface area contributed by atoms with Crippen molar-refractivity contribution in [2.45, 2.75) is 70.7 Å². The Morgan fingerprint density at radius 1 is 0.537 bits per heavy atom. The lowest BCUT2D eigenvalue weighted by Crippen LogP contribution is -2.61. The van der Waals surface area contributed by atoms with E-state index in [1.54, 1.807) is 34.1 Å². The summed E-state index contributed by atoms with van der Waals surface area (Å²) in [5.41, 5.74) is 4.69. The minimum Gasteiger partial charge on any atom is -0.375 e. The van der Waals surface area contributed by atoms with Crippen LogP contribution >= 0.6 is 0 Å². The van der Waals surface area contributed by atoms with Crippen LogP contribution < -0.4 is 5.32 Å². The second kappa shape index (κ2) is 25.3. The largest absolute Gasteiger partial charge is 0.375 e. The minimum atomic E-state index is -0.928. The van der Waals surface area contributed by atoms with Crippen LogP contribution in [0.25, 0.3) is 0 Å². The number of amides is 3. The molecule has 0 saturated carbocycles. The first-order valence-corrected chi connectivity index (χ1v) is 23.1. The van der Waals surface area contributed by atoms with Crippen molar-refractivity contribution in [3.63, 3.8) is 0 Å². The highest BCUT2D eigenvalue weighted by molar-refractivity contribution is 5.98. The summed E-state index contributed by atoms with van der Waals surface area (Å²) >= 11 is 0. The highest BCUT2D eigenvalue weighted by Gasteiger charge is 2.42. The molecule has 0 fully saturated rings. The fourth-order valence-corrected chi connectivity index (χ4v) is 8.26. The van der Waals surface area contributed by atoms with Crippen molar-refractivity contribution in [3.05, 3.63) is 228 Å². The summed E-state index contributed by atoms with van der Waals surface area (Å²) in [5, 5.41) is 3.37. The van der Waals surface area contributed by atoms with Crippen LogP contribution in [0.2, 0.25) is 0 Å². The third kappa shape index (κ3) is 14.2. The maximum atomic E-state index is 15.2. The summed E-state index contributed by atoms with van der Waals surface area (Å²) in [5.74, 6) is -1.18. The van der Waals surface area contributed by atoms with Crippen LogP contribution in [0.3, 0.4) is 0 Å². The monoisotopic (exact) mass is 899 g/mol. The molecule has 10 heteroatoms. The third-order valence-corrected chi connectivity index (χ3v) is 11.7. The summed E-state index contributed by atoms with van der Waals surface area (Å²) in [6, 6.07) is 55.8. The maximum absolute atomic E-state index is 15.2.